The van der Waals surface area contributed by atoms with Crippen LogP contribution in [0.4, 0.5) is 0 Å². The summed E-state index contributed by atoms with van der Waals surface area (Å²) in [6.45, 7) is 1.85. The van der Waals surface area contributed by atoms with Gasteiger partial charge in [0.25, 0.3) is 11.5 Å². The van der Waals surface area contributed by atoms with Crippen LogP contribution in [0.3, 0.4) is 0 Å². The van der Waals surface area contributed by atoms with Crippen LogP contribution in [0.25, 0.3) is 15.9 Å². The number of carbonyl (C=O) groups excluding carboxylic acids is 1. The predicted molar refractivity (Wildman–Crippen MR) is 114 cm³/mol. The lowest BCUT2D eigenvalue weighted by Crippen LogP contribution is -2.25. The molecule has 1 aliphatic rings. The van der Waals surface area contributed by atoms with E-state index in [2.05, 4.69) is 20.4 Å². The topological polar surface area (TPSA) is 89.3 Å². The number of rotatable bonds is 5. The molecule has 7 nitrogen and oxygen atoms in total. The quantitative estimate of drug-likeness (QED) is 0.496. The summed E-state index contributed by atoms with van der Waals surface area (Å²) in [4.78, 5) is 34.8. The third-order valence-electron chi connectivity index (χ3n) is 4.62. The summed E-state index contributed by atoms with van der Waals surface area (Å²) in [5, 5.41) is 9.58. The molecule has 3 aromatic heterocycles. The molecule has 0 unspecified atom stereocenters. The maximum Gasteiger partial charge on any atom is 0.275 e. The standard InChI is InChI=1S/C20H17N5O2S2/c1-11-24-25-18(26)8-13(22-20(25)29-11)10-28-17-9-15(19(27)21-12-6-7-12)14-4-2-3-5-16(14)23-17/h2-5,8-9,12H,6-7,10H2,1H3,(H,21,27). The Hall–Kier alpha value is -2.78. The first-order valence-electron chi connectivity index (χ1n) is 9.27. The normalized spacial score (nSPS) is 13.8. The molecule has 1 saturated carbocycles. The molecule has 1 aliphatic carbocycles. The van der Waals surface area contributed by atoms with Crippen LogP contribution >= 0.6 is 23.1 Å². The highest BCUT2D eigenvalue weighted by atomic mass is 32.2. The summed E-state index contributed by atoms with van der Waals surface area (Å²) in [5.41, 5.74) is 1.89. The monoisotopic (exact) mass is 423 g/mol. The smallest absolute Gasteiger partial charge is 0.275 e. The SMILES string of the molecule is Cc1nn2c(=O)cc(CSc3cc(C(=O)NC4CC4)c4ccccc4n3)nc2s1. The number of aryl methyl sites for hydroxylation is 1. The zero-order valence-corrected chi connectivity index (χ0v) is 17.2. The van der Waals surface area contributed by atoms with E-state index in [0.29, 0.717) is 22.0 Å². The summed E-state index contributed by atoms with van der Waals surface area (Å²) in [6.07, 6.45) is 2.08. The van der Waals surface area contributed by atoms with Crippen LogP contribution in [0.1, 0.15) is 33.9 Å². The third kappa shape index (κ3) is 3.75. The average Bonchev–Trinajstić information content (AvgIpc) is 3.44. The van der Waals surface area contributed by atoms with Crippen LogP contribution in [0.2, 0.25) is 0 Å². The lowest BCUT2D eigenvalue weighted by molar-refractivity contribution is 0.0952. The Morgan fingerprint density at radius 2 is 2.10 bits per heavy atom. The number of para-hydroxylation sites is 1. The Morgan fingerprint density at radius 1 is 1.28 bits per heavy atom. The molecule has 9 heteroatoms. The van der Waals surface area contributed by atoms with Gasteiger partial charge in [-0.15, -0.1) is 0 Å². The van der Waals surface area contributed by atoms with Crippen LogP contribution in [0.15, 0.2) is 46.2 Å². The van der Waals surface area contributed by atoms with Gasteiger partial charge in [-0.25, -0.2) is 9.97 Å². The van der Waals surface area contributed by atoms with E-state index >= 15 is 0 Å². The fourth-order valence-electron chi connectivity index (χ4n) is 3.08. The molecule has 29 heavy (non-hydrogen) atoms. The Balaban J connectivity index is 1.45. The number of fused-ring (bicyclic) bond motifs is 2. The van der Waals surface area contributed by atoms with E-state index in [1.165, 1.54) is 33.7 Å². The maximum absolute atomic E-state index is 12.7. The van der Waals surface area contributed by atoms with Crippen LogP contribution < -0.4 is 10.9 Å². The lowest BCUT2D eigenvalue weighted by Gasteiger charge is -2.10. The first-order valence-corrected chi connectivity index (χ1v) is 11.1. The van der Waals surface area contributed by atoms with E-state index in [4.69, 9.17) is 0 Å². The van der Waals surface area contributed by atoms with E-state index < -0.39 is 0 Å². The minimum atomic E-state index is -0.189. The number of aromatic nitrogens is 4. The van der Waals surface area contributed by atoms with Gasteiger partial charge in [-0.2, -0.15) is 9.61 Å². The van der Waals surface area contributed by atoms with Crippen LogP contribution in [0.5, 0.6) is 0 Å². The number of hydrogen-bond acceptors (Lipinski definition) is 7. The van der Waals surface area contributed by atoms with Crippen molar-refractivity contribution in [2.24, 2.45) is 0 Å². The molecule has 0 radical (unpaired) electrons. The summed E-state index contributed by atoms with van der Waals surface area (Å²) >= 11 is 2.85. The Bertz CT molecular complexity index is 1310. The van der Waals surface area contributed by atoms with Gasteiger partial charge in [0, 0.05) is 23.2 Å². The molecular formula is C20H17N5O2S2. The van der Waals surface area contributed by atoms with E-state index in [-0.39, 0.29) is 17.5 Å². The molecule has 0 saturated heterocycles. The zero-order valence-electron chi connectivity index (χ0n) is 15.6. The Kier molecular flexibility index (Phi) is 4.56. The number of amides is 1. The van der Waals surface area contributed by atoms with Crippen molar-refractivity contribution in [1.29, 1.82) is 0 Å². The molecule has 3 heterocycles. The second-order valence-corrected chi connectivity index (χ2v) is 9.12. The van der Waals surface area contributed by atoms with Gasteiger partial charge in [-0.1, -0.05) is 41.3 Å². The molecule has 0 bridgehead atoms. The molecule has 1 N–H and O–H groups in total. The number of carbonyl (C=O) groups is 1. The van der Waals surface area contributed by atoms with Gasteiger partial charge >= 0.3 is 0 Å². The molecule has 1 amide bonds. The Labute approximate surface area is 174 Å². The molecule has 0 atom stereocenters. The molecular weight excluding hydrogens is 406 g/mol. The highest BCUT2D eigenvalue weighted by Gasteiger charge is 2.25. The number of thioether (sulfide) groups is 1. The van der Waals surface area contributed by atoms with Crippen molar-refractivity contribution in [3.63, 3.8) is 0 Å². The second kappa shape index (κ2) is 7.23. The van der Waals surface area contributed by atoms with E-state index in [9.17, 15) is 9.59 Å². The number of pyridine rings is 1. The largest absolute Gasteiger partial charge is 0.349 e. The molecule has 1 aromatic carbocycles. The summed E-state index contributed by atoms with van der Waals surface area (Å²) < 4.78 is 1.32. The summed E-state index contributed by atoms with van der Waals surface area (Å²) in [5.74, 6) is 0.420. The van der Waals surface area contributed by atoms with Crippen molar-refractivity contribution in [3.8, 4) is 0 Å². The van der Waals surface area contributed by atoms with Crippen molar-refractivity contribution in [2.75, 3.05) is 0 Å². The number of nitrogens with zero attached hydrogens (tertiary/aromatic N) is 4. The van der Waals surface area contributed by atoms with E-state index in [1.807, 2.05) is 37.3 Å². The van der Waals surface area contributed by atoms with Gasteiger partial charge in [-0.05, 0) is 31.9 Å². The second-order valence-electron chi connectivity index (χ2n) is 6.96. The summed E-state index contributed by atoms with van der Waals surface area (Å²) in [7, 11) is 0. The van der Waals surface area contributed by atoms with E-state index in [1.54, 1.807) is 0 Å². The van der Waals surface area contributed by atoms with Crippen molar-refractivity contribution in [2.45, 2.75) is 36.6 Å². The van der Waals surface area contributed by atoms with Gasteiger partial charge < -0.3 is 5.32 Å². The van der Waals surface area contributed by atoms with Gasteiger partial charge in [0.15, 0.2) is 0 Å². The Morgan fingerprint density at radius 3 is 2.93 bits per heavy atom. The van der Waals surface area contributed by atoms with E-state index in [0.717, 1.165) is 33.8 Å². The number of benzene rings is 1. The highest BCUT2D eigenvalue weighted by Crippen LogP contribution is 2.27. The molecule has 4 aromatic rings. The fourth-order valence-corrected chi connectivity index (χ4v) is 4.65. The molecule has 1 fully saturated rings. The van der Waals surface area contributed by atoms with Gasteiger partial charge in [-0.3, -0.25) is 9.59 Å². The first kappa shape index (κ1) is 18.3. The van der Waals surface area contributed by atoms with Gasteiger partial charge in [0.1, 0.15) is 5.01 Å². The molecule has 0 aliphatic heterocycles. The summed E-state index contributed by atoms with van der Waals surface area (Å²) in [6, 6.07) is 11.3. The molecule has 146 valence electrons. The number of nitrogens with one attached hydrogen (secondary N) is 1. The van der Waals surface area contributed by atoms with Gasteiger partial charge in [0.2, 0.25) is 4.96 Å². The number of hydrogen-bond donors (Lipinski definition) is 1. The van der Waals surface area contributed by atoms with Crippen LogP contribution in [-0.2, 0) is 5.75 Å². The minimum Gasteiger partial charge on any atom is -0.349 e. The third-order valence-corrected chi connectivity index (χ3v) is 6.39. The predicted octanol–water partition coefficient (Wildman–Crippen LogP) is 3.19. The van der Waals surface area contributed by atoms with Crippen molar-refractivity contribution in [3.05, 3.63) is 63.0 Å². The van der Waals surface area contributed by atoms with Crippen molar-refractivity contribution < 1.29 is 4.79 Å². The van der Waals surface area contributed by atoms with Crippen molar-refractivity contribution >= 4 is 44.9 Å². The minimum absolute atomic E-state index is 0.0640. The fraction of sp³-hybridized carbons (Fsp3) is 0.250. The van der Waals surface area contributed by atoms with Crippen LogP contribution in [-0.4, -0.2) is 31.5 Å². The average molecular weight is 424 g/mol. The zero-order chi connectivity index (χ0) is 20.0. The van der Waals surface area contributed by atoms with Crippen molar-refractivity contribution in [1.82, 2.24) is 24.9 Å². The first-order chi connectivity index (χ1) is 14.1. The highest BCUT2D eigenvalue weighted by molar-refractivity contribution is 7.98. The lowest BCUT2D eigenvalue weighted by atomic mass is 10.1. The molecule has 5 rings (SSSR count). The molecule has 0 spiro atoms. The van der Waals surface area contributed by atoms with Crippen LogP contribution in [0, 0.1) is 6.92 Å². The van der Waals surface area contributed by atoms with Gasteiger partial charge in [0.05, 0.1) is 21.8 Å². The maximum atomic E-state index is 12.7.